The fourth-order valence-corrected chi connectivity index (χ4v) is 3.57. The van der Waals surface area contributed by atoms with E-state index in [0.29, 0.717) is 13.0 Å². The fraction of sp³-hybridized carbons (Fsp3) is 0.278. The Hall–Kier alpha value is -1.95. The Morgan fingerprint density at radius 3 is 2.74 bits per heavy atom. The van der Waals surface area contributed by atoms with Crippen LogP contribution < -0.4 is 5.32 Å². The molecule has 5 heteroatoms. The number of para-hydroxylation sites is 1. The Morgan fingerprint density at radius 1 is 1.22 bits per heavy atom. The van der Waals surface area contributed by atoms with Gasteiger partial charge < -0.3 is 10.4 Å². The average Bonchev–Trinajstić information content (AvgIpc) is 3.22. The average molecular weight is 327 g/mol. The second-order valence-corrected chi connectivity index (χ2v) is 6.41. The smallest absolute Gasteiger partial charge is 0.110 e. The summed E-state index contributed by atoms with van der Waals surface area (Å²) in [6, 6.07) is 14.6. The lowest BCUT2D eigenvalue weighted by molar-refractivity contribution is 0.265. The summed E-state index contributed by atoms with van der Waals surface area (Å²) in [7, 11) is 0. The largest absolute Gasteiger partial charge is 0.396 e. The SMILES string of the molecule is Cc1ncc(CN[C@@H](CCO)c2cccs2)n1-c1ccccc1. The van der Waals surface area contributed by atoms with Gasteiger partial charge in [-0.25, -0.2) is 4.98 Å². The third-order valence-corrected chi connectivity index (χ3v) is 4.85. The fourth-order valence-electron chi connectivity index (χ4n) is 2.74. The number of rotatable bonds is 7. The zero-order valence-electron chi connectivity index (χ0n) is 13.1. The molecule has 0 unspecified atom stereocenters. The molecule has 0 fully saturated rings. The van der Waals surface area contributed by atoms with Crippen LogP contribution in [0.2, 0.25) is 0 Å². The maximum absolute atomic E-state index is 9.32. The summed E-state index contributed by atoms with van der Waals surface area (Å²) in [6.07, 6.45) is 2.62. The van der Waals surface area contributed by atoms with Gasteiger partial charge in [0.1, 0.15) is 5.82 Å². The van der Waals surface area contributed by atoms with E-state index in [-0.39, 0.29) is 12.6 Å². The molecule has 0 amide bonds. The first-order valence-corrected chi connectivity index (χ1v) is 8.64. The molecule has 3 rings (SSSR count). The van der Waals surface area contributed by atoms with Crippen molar-refractivity contribution in [2.45, 2.75) is 25.9 Å². The van der Waals surface area contributed by atoms with Crippen LogP contribution in [0, 0.1) is 6.92 Å². The maximum Gasteiger partial charge on any atom is 0.110 e. The van der Waals surface area contributed by atoms with Crippen LogP contribution in [0.25, 0.3) is 5.69 Å². The summed E-state index contributed by atoms with van der Waals surface area (Å²) >= 11 is 1.72. The molecule has 0 aliphatic heterocycles. The van der Waals surface area contributed by atoms with Crippen LogP contribution in [0.4, 0.5) is 0 Å². The predicted octanol–water partition coefficient (Wildman–Crippen LogP) is 3.46. The number of imidazole rings is 1. The molecule has 0 spiro atoms. The van der Waals surface area contributed by atoms with Crippen LogP contribution in [-0.2, 0) is 6.54 Å². The lowest BCUT2D eigenvalue weighted by Crippen LogP contribution is -2.22. The number of nitrogens with zero attached hydrogens (tertiary/aromatic N) is 2. The van der Waals surface area contributed by atoms with Crippen LogP contribution >= 0.6 is 11.3 Å². The molecule has 0 saturated carbocycles. The van der Waals surface area contributed by atoms with Crippen molar-refractivity contribution in [2.75, 3.05) is 6.61 Å². The third kappa shape index (κ3) is 3.69. The molecule has 1 atom stereocenters. The quantitative estimate of drug-likeness (QED) is 0.699. The number of aliphatic hydroxyl groups is 1. The normalized spacial score (nSPS) is 12.4. The minimum absolute atomic E-state index is 0.166. The molecule has 2 N–H and O–H groups in total. The summed E-state index contributed by atoms with van der Waals surface area (Å²) in [5.41, 5.74) is 2.24. The molecule has 0 saturated heterocycles. The van der Waals surface area contributed by atoms with Gasteiger partial charge in [0.25, 0.3) is 0 Å². The zero-order valence-corrected chi connectivity index (χ0v) is 14.0. The highest BCUT2D eigenvalue weighted by atomic mass is 32.1. The number of aliphatic hydroxyl groups excluding tert-OH is 1. The van der Waals surface area contributed by atoms with Gasteiger partial charge in [-0.2, -0.15) is 0 Å². The molecule has 0 aliphatic rings. The monoisotopic (exact) mass is 327 g/mol. The summed E-state index contributed by atoms with van der Waals surface area (Å²) in [5.74, 6) is 0.975. The molecule has 4 nitrogen and oxygen atoms in total. The van der Waals surface area contributed by atoms with Gasteiger partial charge in [-0.15, -0.1) is 11.3 Å². The van der Waals surface area contributed by atoms with Gasteiger partial charge in [-0.3, -0.25) is 4.57 Å². The highest BCUT2D eigenvalue weighted by Gasteiger charge is 2.14. The topological polar surface area (TPSA) is 50.1 Å². The van der Waals surface area contributed by atoms with Gasteiger partial charge in [-0.1, -0.05) is 24.3 Å². The van der Waals surface area contributed by atoms with E-state index >= 15 is 0 Å². The van der Waals surface area contributed by atoms with Gasteiger partial charge in [0.2, 0.25) is 0 Å². The number of thiophene rings is 1. The highest BCUT2D eigenvalue weighted by molar-refractivity contribution is 7.10. The van der Waals surface area contributed by atoms with Crippen molar-refractivity contribution >= 4 is 11.3 Å². The van der Waals surface area contributed by atoms with E-state index < -0.39 is 0 Å². The minimum atomic E-state index is 0.166. The Kier molecular flexibility index (Phi) is 5.23. The molecule has 23 heavy (non-hydrogen) atoms. The standard InChI is InChI=1S/C18H21N3OS/c1-14-19-12-16(21(14)15-6-3-2-4-7-15)13-20-17(9-10-22)18-8-5-11-23-18/h2-8,11-12,17,20,22H,9-10,13H2,1H3/t17-/m0/s1. The molecule has 2 aromatic heterocycles. The third-order valence-electron chi connectivity index (χ3n) is 3.86. The maximum atomic E-state index is 9.32. The van der Waals surface area contributed by atoms with Gasteiger partial charge in [0.15, 0.2) is 0 Å². The van der Waals surface area contributed by atoms with E-state index in [1.807, 2.05) is 37.4 Å². The highest BCUT2D eigenvalue weighted by Crippen LogP contribution is 2.23. The molecule has 0 radical (unpaired) electrons. The number of hydrogen-bond acceptors (Lipinski definition) is 4. The minimum Gasteiger partial charge on any atom is -0.396 e. The lowest BCUT2D eigenvalue weighted by atomic mass is 10.1. The second-order valence-electron chi connectivity index (χ2n) is 5.43. The Morgan fingerprint density at radius 2 is 2.04 bits per heavy atom. The number of hydrogen-bond donors (Lipinski definition) is 2. The summed E-state index contributed by atoms with van der Waals surface area (Å²) < 4.78 is 2.16. The van der Waals surface area contributed by atoms with Crippen molar-refractivity contribution in [3.63, 3.8) is 0 Å². The first-order chi connectivity index (χ1) is 11.3. The van der Waals surface area contributed by atoms with E-state index in [4.69, 9.17) is 0 Å². The van der Waals surface area contributed by atoms with E-state index in [1.165, 1.54) is 4.88 Å². The van der Waals surface area contributed by atoms with Crippen LogP contribution in [0.15, 0.2) is 54.0 Å². The van der Waals surface area contributed by atoms with E-state index in [9.17, 15) is 5.11 Å². The number of aromatic nitrogens is 2. The zero-order chi connectivity index (χ0) is 16.1. The van der Waals surface area contributed by atoms with Gasteiger partial charge in [0.05, 0.1) is 11.9 Å². The van der Waals surface area contributed by atoms with Crippen molar-refractivity contribution in [3.05, 3.63) is 70.4 Å². The van der Waals surface area contributed by atoms with Gasteiger partial charge in [0, 0.05) is 29.8 Å². The molecule has 3 aromatic rings. The van der Waals surface area contributed by atoms with Gasteiger partial charge in [-0.05, 0) is 36.9 Å². The lowest BCUT2D eigenvalue weighted by Gasteiger charge is -2.17. The van der Waals surface area contributed by atoms with Crippen LogP contribution in [0.1, 0.15) is 28.9 Å². The first-order valence-electron chi connectivity index (χ1n) is 7.76. The molecular formula is C18H21N3OS. The molecule has 120 valence electrons. The number of nitrogens with one attached hydrogen (secondary N) is 1. The Bertz CT molecular complexity index is 722. The molecule has 1 aromatic carbocycles. The van der Waals surface area contributed by atoms with Gasteiger partial charge >= 0.3 is 0 Å². The Balaban J connectivity index is 1.78. The van der Waals surface area contributed by atoms with Crippen molar-refractivity contribution in [3.8, 4) is 5.69 Å². The Labute approximate surface area is 140 Å². The second kappa shape index (κ2) is 7.55. The molecule has 2 heterocycles. The van der Waals surface area contributed by atoms with E-state index in [2.05, 4.69) is 38.4 Å². The summed E-state index contributed by atoms with van der Waals surface area (Å²) in [6.45, 7) is 2.89. The van der Waals surface area contributed by atoms with Crippen molar-refractivity contribution in [2.24, 2.45) is 0 Å². The molecule has 0 aliphatic carbocycles. The first kappa shape index (κ1) is 15.9. The predicted molar refractivity (Wildman–Crippen MR) is 93.9 cm³/mol. The molecule has 0 bridgehead atoms. The summed E-state index contributed by atoms with van der Waals surface area (Å²) in [4.78, 5) is 5.71. The van der Waals surface area contributed by atoms with Crippen molar-refractivity contribution in [1.29, 1.82) is 0 Å². The van der Waals surface area contributed by atoms with Crippen LogP contribution in [-0.4, -0.2) is 21.3 Å². The van der Waals surface area contributed by atoms with Crippen molar-refractivity contribution < 1.29 is 5.11 Å². The summed E-state index contributed by atoms with van der Waals surface area (Å²) in [5, 5.41) is 14.9. The van der Waals surface area contributed by atoms with Crippen molar-refractivity contribution in [1.82, 2.24) is 14.9 Å². The number of benzene rings is 1. The number of aryl methyl sites for hydroxylation is 1. The van der Waals surface area contributed by atoms with Crippen LogP contribution in [0.5, 0.6) is 0 Å². The molecular weight excluding hydrogens is 306 g/mol. The van der Waals surface area contributed by atoms with E-state index in [1.54, 1.807) is 11.3 Å². The van der Waals surface area contributed by atoms with Crippen LogP contribution in [0.3, 0.4) is 0 Å². The van der Waals surface area contributed by atoms with E-state index in [0.717, 1.165) is 17.2 Å².